The molecule has 0 unspecified atom stereocenters. The SMILES string of the molecule is CCCOc1ccccc1[C@@H]1NC(=S)NC(C)=C1C(=O)OC. The minimum Gasteiger partial charge on any atom is -0.493 e. The van der Waals surface area contributed by atoms with Crippen molar-refractivity contribution < 1.29 is 14.3 Å². The first-order valence-electron chi connectivity index (χ1n) is 7.16. The van der Waals surface area contributed by atoms with Crippen molar-refractivity contribution in [2.75, 3.05) is 13.7 Å². The van der Waals surface area contributed by atoms with E-state index >= 15 is 0 Å². The first kappa shape index (κ1) is 16.3. The third kappa shape index (κ3) is 3.39. The number of para-hydroxylation sites is 1. The summed E-state index contributed by atoms with van der Waals surface area (Å²) in [5.41, 5.74) is 2.05. The van der Waals surface area contributed by atoms with Gasteiger partial charge >= 0.3 is 5.97 Å². The number of esters is 1. The molecule has 0 aromatic heterocycles. The van der Waals surface area contributed by atoms with Crippen LogP contribution in [-0.2, 0) is 9.53 Å². The van der Waals surface area contributed by atoms with E-state index in [9.17, 15) is 4.79 Å². The molecule has 0 spiro atoms. The zero-order valence-electron chi connectivity index (χ0n) is 12.9. The second kappa shape index (κ2) is 7.26. The Morgan fingerprint density at radius 2 is 2.09 bits per heavy atom. The lowest BCUT2D eigenvalue weighted by Crippen LogP contribution is -2.45. The molecule has 0 bridgehead atoms. The van der Waals surface area contributed by atoms with Crippen molar-refractivity contribution in [1.82, 2.24) is 10.6 Å². The van der Waals surface area contributed by atoms with Gasteiger partial charge in [-0.1, -0.05) is 25.1 Å². The normalized spacial score (nSPS) is 17.6. The van der Waals surface area contributed by atoms with Crippen molar-refractivity contribution in [2.45, 2.75) is 26.3 Å². The van der Waals surface area contributed by atoms with Crippen LogP contribution in [0.3, 0.4) is 0 Å². The highest BCUT2D eigenvalue weighted by molar-refractivity contribution is 7.80. The molecule has 1 aromatic rings. The molecule has 0 saturated carbocycles. The number of allylic oxidation sites excluding steroid dienone is 1. The molecular formula is C16H20N2O3S. The maximum absolute atomic E-state index is 12.1. The Labute approximate surface area is 135 Å². The lowest BCUT2D eigenvalue weighted by molar-refractivity contribution is -0.136. The van der Waals surface area contributed by atoms with Crippen molar-refractivity contribution in [3.05, 3.63) is 41.1 Å². The maximum Gasteiger partial charge on any atom is 0.337 e. The van der Waals surface area contributed by atoms with Gasteiger partial charge in [0.25, 0.3) is 0 Å². The second-order valence-corrected chi connectivity index (χ2v) is 5.36. The Bertz CT molecular complexity index is 613. The van der Waals surface area contributed by atoms with Crippen LogP contribution in [0.5, 0.6) is 5.75 Å². The number of thiocarbonyl (C=S) groups is 1. The van der Waals surface area contributed by atoms with E-state index in [0.29, 0.717) is 23.0 Å². The summed E-state index contributed by atoms with van der Waals surface area (Å²) in [5.74, 6) is 0.344. The van der Waals surface area contributed by atoms with E-state index in [1.807, 2.05) is 38.1 Å². The Morgan fingerprint density at radius 3 is 2.77 bits per heavy atom. The first-order chi connectivity index (χ1) is 10.6. The zero-order valence-corrected chi connectivity index (χ0v) is 13.8. The third-order valence-corrected chi connectivity index (χ3v) is 3.59. The van der Waals surface area contributed by atoms with Gasteiger partial charge in [-0.15, -0.1) is 0 Å². The number of hydrogen-bond donors (Lipinski definition) is 2. The summed E-state index contributed by atoms with van der Waals surface area (Å²) in [5, 5.41) is 6.56. The molecule has 0 saturated heterocycles. The number of rotatable bonds is 5. The fraction of sp³-hybridized carbons (Fsp3) is 0.375. The van der Waals surface area contributed by atoms with Crippen LogP contribution in [0, 0.1) is 0 Å². The Hall–Kier alpha value is -2.08. The number of methoxy groups -OCH3 is 1. The molecule has 0 radical (unpaired) electrons. The topological polar surface area (TPSA) is 59.6 Å². The average molecular weight is 320 g/mol. The first-order valence-corrected chi connectivity index (χ1v) is 7.57. The van der Waals surface area contributed by atoms with E-state index in [1.54, 1.807) is 0 Å². The van der Waals surface area contributed by atoms with Crippen LogP contribution in [0.4, 0.5) is 0 Å². The van der Waals surface area contributed by atoms with Gasteiger partial charge in [0.05, 0.1) is 25.3 Å². The quantitative estimate of drug-likeness (QED) is 0.642. The van der Waals surface area contributed by atoms with Gasteiger partial charge in [0, 0.05) is 11.3 Å². The van der Waals surface area contributed by atoms with Crippen molar-refractivity contribution in [3.63, 3.8) is 0 Å². The van der Waals surface area contributed by atoms with Crippen molar-refractivity contribution in [2.24, 2.45) is 0 Å². The standard InChI is InChI=1S/C16H20N2O3S/c1-4-9-21-12-8-6-5-7-11(12)14-13(15(19)20-3)10(2)17-16(22)18-14/h5-8,14H,4,9H2,1-3H3,(H2,17,18,22)/t14-/m0/s1. The maximum atomic E-state index is 12.1. The Morgan fingerprint density at radius 1 is 1.36 bits per heavy atom. The molecule has 2 rings (SSSR count). The summed E-state index contributed by atoms with van der Waals surface area (Å²) in [6.45, 7) is 4.47. The van der Waals surface area contributed by atoms with Gasteiger partial charge in [-0.05, 0) is 31.6 Å². The molecule has 1 atom stereocenters. The number of hydrogen-bond acceptors (Lipinski definition) is 4. The lowest BCUT2D eigenvalue weighted by atomic mass is 9.95. The Kier molecular flexibility index (Phi) is 5.38. The number of benzene rings is 1. The summed E-state index contributed by atoms with van der Waals surface area (Å²) in [7, 11) is 1.37. The fourth-order valence-corrected chi connectivity index (χ4v) is 2.64. The van der Waals surface area contributed by atoms with Crippen LogP contribution < -0.4 is 15.4 Å². The highest BCUT2D eigenvalue weighted by atomic mass is 32.1. The molecule has 0 amide bonds. The molecule has 1 heterocycles. The van der Waals surface area contributed by atoms with Crippen LogP contribution in [0.25, 0.3) is 0 Å². The number of ether oxygens (including phenoxy) is 2. The van der Waals surface area contributed by atoms with E-state index in [0.717, 1.165) is 17.7 Å². The highest BCUT2D eigenvalue weighted by Crippen LogP contribution is 2.33. The lowest BCUT2D eigenvalue weighted by Gasteiger charge is -2.30. The van der Waals surface area contributed by atoms with Crippen LogP contribution in [0.15, 0.2) is 35.5 Å². The summed E-state index contributed by atoms with van der Waals surface area (Å²) >= 11 is 5.22. The monoisotopic (exact) mass is 320 g/mol. The molecule has 5 nitrogen and oxygen atoms in total. The summed E-state index contributed by atoms with van der Waals surface area (Å²) in [6, 6.07) is 7.23. The summed E-state index contributed by atoms with van der Waals surface area (Å²) < 4.78 is 10.7. The average Bonchev–Trinajstić information content (AvgIpc) is 2.51. The van der Waals surface area contributed by atoms with E-state index in [1.165, 1.54) is 7.11 Å². The summed E-state index contributed by atoms with van der Waals surface area (Å²) in [6.07, 6.45) is 0.908. The molecule has 0 aliphatic carbocycles. The van der Waals surface area contributed by atoms with E-state index < -0.39 is 12.0 Å². The van der Waals surface area contributed by atoms with Crippen LogP contribution in [0.2, 0.25) is 0 Å². The van der Waals surface area contributed by atoms with E-state index in [-0.39, 0.29) is 0 Å². The van der Waals surface area contributed by atoms with Gasteiger partial charge in [-0.3, -0.25) is 0 Å². The van der Waals surface area contributed by atoms with Crippen LogP contribution in [-0.4, -0.2) is 24.8 Å². The smallest absolute Gasteiger partial charge is 0.337 e. The molecule has 1 aromatic carbocycles. The number of carbonyl (C=O) groups is 1. The van der Waals surface area contributed by atoms with Gasteiger partial charge in [-0.2, -0.15) is 0 Å². The molecule has 1 aliphatic heterocycles. The highest BCUT2D eigenvalue weighted by Gasteiger charge is 2.32. The third-order valence-electron chi connectivity index (χ3n) is 3.37. The number of carbonyl (C=O) groups excluding carboxylic acids is 1. The van der Waals surface area contributed by atoms with Crippen molar-refractivity contribution >= 4 is 23.3 Å². The number of nitrogens with one attached hydrogen (secondary N) is 2. The predicted octanol–water partition coefficient (Wildman–Crippen LogP) is 2.44. The van der Waals surface area contributed by atoms with Gasteiger partial charge < -0.3 is 20.1 Å². The molecular weight excluding hydrogens is 300 g/mol. The van der Waals surface area contributed by atoms with E-state index in [4.69, 9.17) is 21.7 Å². The summed E-state index contributed by atoms with van der Waals surface area (Å²) in [4.78, 5) is 12.1. The molecule has 2 N–H and O–H groups in total. The van der Waals surface area contributed by atoms with E-state index in [2.05, 4.69) is 10.6 Å². The van der Waals surface area contributed by atoms with Crippen LogP contribution >= 0.6 is 12.2 Å². The Balaban J connectivity index is 2.46. The van der Waals surface area contributed by atoms with Gasteiger partial charge in [0.1, 0.15) is 5.75 Å². The molecule has 0 fully saturated rings. The molecule has 1 aliphatic rings. The van der Waals surface area contributed by atoms with Crippen LogP contribution in [0.1, 0.15) is 31.9 Å². The minimum absolute atomic E-state index is 0.393. The molecule has 6 heteroatoms. The van der Waals surface area contributed by atoms with Crippen molar-refractivity contribution in [3.8, 4) is 5.75 Å². The largest absolute Gasteiger partial charge is 0.493 e. The minimum atomic E-state index is -0.394. The zero-order chi connectivity index (χ0) is 16.1. The van der Waals surface area contributed by atoms with Gasteiger partial charge in [0.15, 0.2) is 5.11 Å². The predicted molar refractivity (Wildman–Crippen MR) is 88.6 cm³/mol. The van der Waals surface area contributed by atoms with Crippen molar-refractivity contribution in [1.29, 1.82) is 0 Å². The fourth-order valence-electron chi connectivity index (χ4n) is 2.37. The van der Waals surface area contributed by atoms with Gasteiger partial charge in [-0.25, -0.2) is 4.79 Å². The second-order valence-electron chi connectivity index (χ2n) is 4.95. The molecule has 22 heavy (non-hydrogen) atoms. The van der Waals surface area contributed by atoms with Gasteiger partial charge in [0.2, 0.25) is 0 Å². The molecule has 118 valence electrons.